The van der Waals surface area contributed by atoms with Crippen molar-refractivity contribution in [2.45, 2.75) is 37.9 Å². The number of nitrogens with one attached hydrogen (secondary N) is 1. The number of piperidine rings is 1. The summed E-state index contributed by atoms with van der Waals surface area (Å²) in [5.41, 5.74) is 6.81. The maximum absolute atomic E-state index is 15.4. The highest BCUT2D eigenvalue weighted by molar-refractivity contribution is 5.75. The molecule has 7 nitrogen and oxygen atoms in total. The number of hydrogen-bond donors (Lipinski definition) is 2. The van der Waals surface area contributed by atoms with Crippen LogP contribution in [0.3, 0.4) is 0 Å². The highest BCUT2D eigenvalue weighted by Crippen LogP contribution is 2.44. The van der Waals surface area contributed by atoms with Gasteiger partial charge in [-0.1, -0.05) is 29.8 Å². The van der Waals surface area contributed by atoms with Crippen LogP contribution in [0.5, 0.6) is 0 Å². The lowest BCUT2D eigenvalue weighted by molar-refractivity contribution is -0.119. The van der Waals surface area contributed by atoms with Crippen LogP contribution in [-0.2, 0) is 4.79 Å². The summed E-state index contributed by atoms with van der Waals surface area (Å²) in [7, 11) is 0. The highest BCUT2D eigenvalue weighted by atomic mass is 19.3. The maximum atomic E-state index is 15.4. The molecule has 2 aliphatic rings. The fourth-order valence-corrected chi connectivity index (χ4v) is 4.65. The van der Waals surface area contributed by atoms with Gasteiger partial charge in [0.1, 0.15) is 12.5 Å². The number of aryl methyl sites for hydroxylation is 1. The summed E-state index contributed by atoms with van der Waals surface area (Å²) in [5, 5.41) is 2.82. The number of nitrogens with zero attached hydrogens (tertiary/aromatic N) is 4. The van der Waals surface area contributed by atoms with Crippen molar-refractivity contribution in [1.29, 1.82) is 0 Å². The van der Waals surface area contributed by atoms with E-state index in [0.29, 0.717) is 18.5 Å². The van der Waals surface area contributed by atoms with Gasteiger partial charge in [-0.05, 0) is 25.5 Å². The molecule has 184 valence electrons. The SMILES string of the molecule is Cc1ccc(C2CC(F)(F)CN2c2ncnc(NCC3CCN(CC(N)=O)CC3F)c2F)cc1. The third-order valence-electron chi connectivity index (χ3n) is 6.45. The molecule has 2 saturated heterocycles. The summed E-state index contributed by atoms with van der Waals surface area (Å²) in [4.78, 5) is 21.9. The molecule has 0 saturated carbocycles. The number of amides is 1. The van der Waals surface area contributed by atoms with Gasteiger partial charge >= 0.3 is 0 Å². The Morgan fingerprint density at radius 2 is 2.00 bits per heavy atom. The monoisotopic (exact) mass is 480 g/mol. The first-order valence-electron chi connectivity index (χ1n) is 11.2. The van der Waals surface area contributed by atoms with Gasteiger partial charge in [0.2, 0.25) is 11.7 Å². The van der Waals surface area contributed by atoms with E-state index in [4.69, 9.17) is 5.73 Å². The van der Waals surface area contributed by atoms with Gasteiger partial charge in [-0.3, -0.25) is 9.69 Å². The predicted molar refractivity (Wildman–Crippen MR) is 120 cm³/mol. The van der Waals surface area contributed by atoms with E-state index in [0.717, 1.165) is 11.9 Å². The number of carbonyl (C=O) groups excluding carboxylic acids is 1. The maximum Gasteiger partial charge on any atom is 0.267 e. The fourth-order valence-electron chi connectivity index (χ4n) is 4.65. The molecular formula is C23H28F4N6O. The number of primary amides is 1. The van der Waals surface area contributed by atoms with E-state index >= 15 is 4.39 Å². The molecule has 3 unspecified atom stereocenters. The zero-order valence-corrected chi connectivity index (χ0v) is 18.9. The summed E-state index contributed by atoms with van der Waals surface area (Å²) in [6.07, 6.45) is -0.107. The molecule has 3 N–H and O–H groups in total. The van der Waals surface area contributed by atoms with E-state index in [1.807, 2.05) is 19.1 Å². The number of carbonyl (C=O) groups is 1. The van der Waals surface area contributed by atoms with E-state index < -0.39 is 48.7 Å². The second kappa shape index (κ2) is 9.73. The van der Waals surface area contributed by atoms with Crippen LogP contribution in [0.25, 0.3) is 0 Å². The first-order valence-corrected chi connectivity index (χ1v) is 11.2. The average molecular weight is 481 g/mol. The summed E-state index contributed by atoms with van der Waals surface area (Å²) in [6.45, 7) is 1.89. The van der Waals surface area contributed by atoms with Crippen LogP contribution in [-0.4, -0.2) is 65.6 Å². The van der Waals surface area contributed by atoms with Gasteiger partial charge in [0.25, 0.3) is 5.92 Å². The van der Waals surface area contributed by atoms with E-state index in [2.05, 4.69) is 15.3 Å². The van der Waals surface area contributed by atoms with Gasteiger partial charge in [0, 0.05) is 25.4 Å². The molecule has 2 aromatic rings. The van der Waals surface area contributed by atoms with Gasteiger partial charge in [-0.25, -0.2) is 23.1 Å². The van der Waals surface area contributed by atoms with Crippen LogP contribution in [0.15, 0.2) is 30.6 Å². The van der Waals surface area contributed by atoms with E-state index in [-0.39, 0.29) is 31.3 Å². The van der Waals surface area contributed by atoms with Crippen LogP contribution >= 0.6 is 0 Å². The molecule has 4 rings (SSSR count). The van der Waals surface area contributed by atoms with Crippen molar-refractivity contribution in [2.75, 3.05) is 42.9 Å². The number of halogens is 4. The topological polar surface area (TPSA) is 87.4 Å². The van der Waals surface area contributed by atoms with E-state index in [9.17, 15) is 18.0 Å². The second-order valence-electron chi connectivity index (χ2n) is 9.12. The Morgan fingerprint density at radius 1 is 1.26 bits per heavy atom. The molecule has 0 bridgehead atoms. The number of benzene rings is 1. The van der Waals surface area contributed by atoms with E-state index in [1.54, 1.807) is 17.0 Å². The highest BCUT2D eigenvalue weighted by Gasteiger charge is 2.47. The van der Waals surface area contributed by atoms with Crippen molar-refractivity contribution in [2.24, 2.45) is 11.7 Å². The van der Waals surface area contributed by atoms with Crippen molar-refractivity contribution in [3.63, 3.8) is 0 Å². The van der Waals surface area contributed by atoms with Crippen molar-refractivity contribution >= 4 is 17.5 Å². The smallest absolute Gasteiger partial charge is 0.267 e. The first-order chi connectivity index (χ1) is 16.1. The second-order valence-corrected chi connectivity index (χ2v) is 9.12. The Hall–Kier alpha value is -2.95. The normalized spacial score (nSPS) is 24.9. The van der Waals surface area contributed by atoms with Crippen molar-refractivity contribution in [1.82, 2.24) is 14.9 Å². The number of hydrogen-bond acceptors (Lipinski definition) is 6. The summed E-state index contributed by atoms with van der Waals surface area (Å²) < 4.78 is 58.7. The molecule has 1 aromatic heterocycles. The van der Waals surface area contributed by atoms with Gasteiger partial charge < -0.3 is 16.0 Å². The molecule has 1 amide bonds. The minimum Gasteiger partial charge on any atom is -0.369 e. The molecule has 0 spiro atoms. The number of nitrogens with two attached hydrogens (primary N) is 1. The molecule has 34 heavy (non-hydrogen) atoms. The van der Waals surface area contributed by atoms with Crippen LogP contribution in [0, 0.1) is 18.7 Å². The van der Waals surface area contributed by atoms with Gasteiger partial charge in [0.15, 0.2) is 11.6 Å². The van der Waals surface area contributed by atoms with Gasteiger partial charge in [-0.15, -0.1) is 0 Å². The van der Waals surface area contributed by atoms with Crippen LogP contribution in [0.4, 0.5) is 29.2 Å². The largest absolute Gasteiger partial charge is 0.369 e. The Labute approximate surface area is 195 Å². The Bertz CT molecular complexity index is 1020. The Balaban J connectivity index is 1.48. The van der Waals surface area contributed by atoms with Gasteiger partial charge in [0.05, 0.1) is 19.1 Å². The minimum atomic E-state index is -3.00. The van der Waals surface area contributed by atoms with E-state index in [1.165, 1.54) is 4.90 Å². The van der Waals surface area contributed by atoms with Crippen LogP contribution in [0.2, 0.25) is 0 Å². The summed E-state index contributed by atoms with van der Waals surface area (Å²) in [6, 6.07) is 6.44. The number of anilines is 2. The summed E-state index contributed by atoms with van der Waals surface area (Å²) in [5.74, 6) is -5.16. The quantitative estimate of drug-likeness (QED) is 0.593. The van der Waals surface area contributed by atoms with Crippen molar-refractivity contribution < 1.29 is 22.4 Å². The summed E-state index contributed by atoms with van der Waals surface area (Å²) >= 11 is 0. The standard InChI is InChI=1S/C23H28F4N6O/c1-14-2-4-15(5-3-14)18-8-23(26,27)12-33(18)22-20(25)21(30-13-31-22)29-9-16-6-7-32(10-17(16)24)11-19(28)34/h2-5,13,16-18H,6-12H2,1H3,(H2,28,34)(H,29,30,31). The van der Waals surface area contributed by atoms with Crippen molar-refractivity contribution in [3.05, 3.63) is 47.5 Å². The molecule has 2 aliphatic heterocycles. The van der Waals surface area contributed by atoms with Gasteiger partial charge in [-0.2, -0.15) is 4.39 Å². The zero-order chi connectivity index (χ0) is 24.5. The zero-order valence-electron chi connectivity index (χ0n) is 18.9. The third kappa shape index (κ3) is 5.40. The molecule has 0 aliphatic carbocycles. The molecule has 3 heterocycles. The lowest BCUT2D eigenvalue weighted by Crippen LogP contribution is -2.46. The average Bonchev–Trinajstić information content (AvgIpc) is 3.09. The molecule has 1 aromatic carbocycles. The molecule has 11 heteroatoms. The number of rotatable bonds is 7. The molecular weight excluding hydrogens is 452 g/mol. The molecule has 2 fully saturated rings. The van der Waals surface area contributed by atoms with Crippen molar-refractivity contribution in [3.8, 4) is 0 Å². The Morgan fingerprint density at radius 3 is 2.68 bits per heavy atom. The third-order valence-corrected chi connectivity index (χ3v) is 6.45. The molecule has 3 atom stereocenters. The number of aromatic nitrogens is 2. The number of alkyl halides is 3. The van der Waals surface area contributed by atoms with Crippen LogP contribution in [0.1, 0.15) is 30.0 Å². The minimum absolute atomic E-state index is 0.00686. The predicted octanol–water partition coefficient (Wildman–Crippen LogP) is 3.07. The Kier molecular flexibility index (Phi) is 6.92. The first kappa shape index (κ1) is 24.2. The lowest BCUT2D eigenvalue weighted by atomic mass is 9.95. The number of likely N-dealkylation sites (tertiary alicyclic amines) is 1. The lowest BCUT2D eigenvalue weighted by Gasteiger charge is -2.34. The molecule has 0 radical (unpaired) electrons. The fraction of sp³-hybridized carbons (Fsp3) is 0.522. The van der Waals surface area contributed by atoms with Crippen LogP contribution < -0.4 is 16.0 Å².